The molecule has 0 spiro atoms. The van der Waals surface area contributed by atoms with Gasteiger partial charge in [0.2, 0.25) is 0 Å². The Bertz CT molecular complexity index is 885. The van der Waals surface area contributed by atoms with Gasteiger partial charge in [-0.15, -0.1) is 0 Å². The fourth-order valence-corrected chi connectivity index (χ4v) is 11.2. The molecular weight excluding hydrogens is 600 g/mol. The first-order valence-corrected chi connectivity index (χ1v) is 20.4. The molecule has 0 radical (unpaired) electrons. The van der Waals surface area contributed by atoms with Crippen molar-refractivity contribution in [3.8, 4) is 0 Å². The molecule has 4 saturated carbocycles. The molecule has 0 heterocycles. The van der Waals surface area contributed by atoms with E-state index in [9.17, 15) is 0 Å². The van der Waals surface area contributed by atoms with Crippen molar-refractivity contribution in [2.45, 2.75) is 129 Å². The van der Waals surface area contributed by atoms with Crippen LogP contribution in [0.5, 0.6) is 0 Å². The first-order valence-electron chi connectivity index (χ1n) is 20.4. The Labute approximate surface area is 294 Å². The standard InChI is InChI=1S/C39H78N6O3/c1-29(10-4-19-44-21-9-22-45-20-5-15-40)32-11-12-33-37-34(28-36(39(32,33)3)48-25-8-18-43)38(2)14-13-31(46-23-6-16-41)26-30(38)27-35(37)47-24-7-17-42/h29-37,44-45H,4-28,40-43H2,1-3H3/t29?,30?,31?,32?,33-,34-,35+,36-,37?,38-,39+/m0/s1. The number of hydrogen-bond donors (Lipinski definition) is 6. The summed E-state index contributed by atoms with van der Waals surface area (Å²) in [6.07, 6.45) is 17.0. The maximum Gasteiger partial charge on any atom is 0.0637 e. The van der Waals surface area contributed by atoms with Gasteiger partial charge in [-0.25, -0.2) is 0 Å². The molecule has 0 saturated heterocycles. The maximum atomic E-state index is 7.02. The first-order chi connectivity index (χ1) is 23.3. The summed E-state index contributed by atoms with van der Waals surface area (Å²) in [5.41, 5.74) is 23.8. The number of nitrogens with one attached hydrogen (secondary N) is 2. The van der Waals surface area contributed by atoms with Crippen LogP contribution in [0.4, 0.5) is 0 Å². The van der Waals surface area contributed by atoms with Crippen LogP contribution >= 0.6 is 0 Å². The smallest absolute Gasteiger partial charge is 0.0637 e. The van der Waals surface area contributed by atoms with Gasteiger partial charge in [-0.2, -0.15) is 0 Å². The predicted molar refractivity (Wildman–Crippen MR) is 199 cm³/mol. The lowest BCUT2D eigenvalue weighted by Crippen LogP contribution is -2.63. The molecular formula is C39H78N6O3. The molecule has 5 unspecified atom stereocenters. The molecule has 0 aromatic carbocycles. The Balaban J connectivity index is 1.46. The van der Waals surface area contributed by atoms with E-state index in [1.807, 2.05) is 0 Å². The lowest BCUT2D eigenvalue weighted by Gasteiger charge is -2.65. The fraction of sp³-hybridized carbons (Fsp3) is 1.00. The maximum absolute atomic E-state index is 7.02. The van der Waals surface area contributed by atoms with Crippen molar-refractivity contribution < 1.29 is 14.2 Å². The Kier molecular flexibility index (Phi) is 17.4. The number of fused-ring (bicyclic) bond motifs is 5. The topological polar surface area (TPSA) is 156 Å². The number of hydrogen-bond acceptors (Lipinski definition) is 9. The number of rotatable bonds is 24. The minimum absolute atomic E-state index is 0.166. The van der Waals surface area contributed by atoms with E-state index >= 15 is 0 Å². The summed E-state index contributed by atoms with van der Waals surface area (Å²) in [7, 11) is 0. The van der Waals surface area contributed by atoms with Crippen molar-refractivity contribution in [3.05, 3.63) is 0 Å². The predicted octanol–water partition coefficient (Wildman–Crippen LogP) is 4.40. The third kappa shape index (κ3) is 9.94. The third-order valence-electron chi connectivity index (χ3n) is 13.8. The van der Waals surface area contributed by atoms with E-state index in [2.05, 4.69) is 31.4 Å². The lowest BCUT2D eigenvalue weighted by molar-refractivity contribution is -0.227. The average molecular weight is 679 g/mol. The molecule has 0 aliphatic heterocycles. The van der Waals surface area contributed by atoms with Crippen molar-refractivity contribution in [2.24, 2.45) is 69.3 Å². The van der Waals surface area contributed by atoms with Gasteiger partial charge >= 0.3 is 0 Å². The summed E-state index contributed by atoms with van der Waals surface area (Å²) >= 11 is 0. The zero-order chi connectivity index (χ0) is 34.4. The van der Waals surface area contributed by atoms with E-state index in [0.717, 1.165) is 91.1 Å². The molecule has 9 nitrogen and oxygen atoms in total. The normalized spacial score (nSPS) is 36.8. The van der Waals surface area contributed by atoms with Crippen LogP contribution in [0.15, 0.2) is 0 Å². The van der Waals surface area contributed by atoms with Crippen LogP contribution in [0.3, 0.4) is 0 Å². The molecule has 48 heavy (non-hydrogen) atoms. The van der Waals surface area contributed by atoms with Gasteiger partial charge in [0, 0.05) is 25.2 Å². The van der Waals surface area contributed by atoms with Crippen LogP contribution < -0.4 is 33.6 Å². The zero-order valence-corrected chi connectivity index (χ0v) is 31.4. The molecule has 0 amide bonds. The molecule has 4 rings (SSSR count). The van der Waals surface area contributed by atoms with E-state index in [1.165, 1.54) is 51.4 Å². The second kappa shape index (κ2) is 20.6. The highest BCUT2D eigenvalue weighted by molar-refractivity contribution is 5.15. The second-order valence-electron chi connectivity index (χ2n) is 16.6. The van der Waals surface area contributed by atoms with E-state index in [-0.39, 0.29) is 11.5 Å². The van der Waals surface area contributed by atoms with E-state index < -0.39 is 0 Å². The van der Waals surface area contributed by atoms with E-state index in [0.29, 0.717) is 72.8 Å². The van der Waals surface area contributed by atoms with Crippen LogP contribution in [-0.4, -0.2) is 90.5 Å². The summed E-state index contributed by atoms with van der Waals surface area (Å²) in [5.74, 6) is 3.83. The Morgan fingerprint density at radius 1 is 0.667 bits per heavy atom. The molecule has 282 valence electrons. The molecule has 4 aliphatic carbocycles. The second-order valence-corrected chi connectivity index (χ2v) is 16.6. The van der Waals surface area contributed by atoms with Gasteiger partial charge in [0.1, 0.15) is 0 Å². The highest BCUT2D eigenvalue weighted by atomic mass is 16.5. The summed E-state index contributed by atoms with van der Waals surface area (Å²) in [6.45, 7) is 17.3. The monoisotopic (exact) mass is 679 g/mol. The Morgan fingerprint density at radius 3 is 1.98 bits per heavy atom. The van der Waals surface area contributed by atoms with Gasteiger partial charge in [-0.05, 0) is 183 Å². The third-order valence-corrected chi connectivity index (χ3v) is 13.8. The minimum Gasteiger partial charge on any atom is -0.378 e. The lowest BCUT2D eigenvalue weighted by atomic mass is 9.43. The highest BCUT2D eigenvalue weighted by Crippen LogP contribution is 2.69. The molecule has 0 bridgehead atoms. The summed E-state index contributed by atoms with van der Waals surface area (Å²) in [4.78, 5) is 0. The van der Waals surface area contributed by atoms with Crippen molar-refractivity contribution in [1.82, 2.24) is 10.6 Å². The SMILES string of the molecule is CC(CCCNCCCNCCCN)C1CC[C@H]2C3[C@H](OCCCN)CC4CC(OCCCN)CC[C@]4(C)[C@H]3C[C@H](OCCCN)[C@]12C. The molecule has 10 N–H and O–H groups in total. The largest absolute Gasteiger partial charge is 0.378 e. The van der Waals surface area contributed by atoms with Gasteiger partial charge < -0.3 is 47.8 Å². The first kappa shape index (κ1) is 40.4. The highest BCUT2D eigenvalue weighted by Gasteiger charge is 2.66. The van der Waals surface area contributed by atoms with Crippen LogP contribution in [0.1, 0.15) is 111 Å². The van der Waals surface area contributed by atoms with Gasteiger partial charge in [-0.1, -0.05) is 20.8 Å². The van der Waals surface area contributed by atoms with E-state index in [4.69, 9.17) is 37.1 Å². The quantitative estimate of drug-likeness (QED) is 0.0815. The summed E-state index contributed by atoms with van der Waals surface area (Å²) in [5, 5.41) is 7.19. The van der Waals surface area contributed by atoms with Crippen LogP contribution in [0, 0.1) is 46.3 Å². The minimum atomic E-state index is 0.166. The van der Waals surface area contributed by atoms with E-state index in [1.54, 1.807) is 0 Å². The van der Waals surface area contributed by atoms with Crippen molar-refractivity contribution in [2.75, 3.05) is 72.2 Å². The van der Waals surface area contributed by atoms with Crippen molar-refractivity contribution in [3.63, 3.8) is 0 Å². The van der Waals surface area contributed by atoms with Crippen molar-refractivity contribution in [1.29, 1.82) is 0 Å². The van der Waals surface area contributed by atoms with Crippen LogP contribution in [0.2, 0.25) is 0 Å². The van der Waals surface area contributed by atoms with Gasteiger partial charge in [0.15, 0.2) is 0 Å². The van der Waals surface area contributed by atoms with Gasteiger partial charge in [-0.3, -0.25) is 0 Å². The number of ether oxygens (including phenoxy) is 3. The molecule has 4 aliphatic rings. The van der Waals surface area contributed by atoms with Gasteiger partial charge in [0.25, 0.3) is 0 Å². The average Bonchev–Trinajstić information content (AvgIpc) is 3.44. The Hall–Kier alpha value is -0.360. The van der Waals surface area contributed by atoms with Crippen LogP contribution in [-0.2, 0) is 14.2 Å². The molecule has 11 atom stereocenters. The van der Waals surface area contributed by atoms with Gasteiger partial charge in [0.05, 0.1) is 18.3 Å². The molecule has 9 heteroatoms. The molecule has 0 aromatic heterocycles. The zero-order valence-electron chi connectivity index (χ0n) is 31.4. The molecule has 4 fully saturated rings. The molecule has 0 aromatic rings. The Morgan fingerprint density at radius 2 is 1.29 bits per heavy atom. The van der Waals surface area contributed by atoms with Crippen LogP contribution in [0.25, 0.3) is 0 Å². The number of nitrogens with two attached hydrogens (primary N) is 4. The summed E-state index contributed by atoms with van der Waals surface area (Å²) in [6, 6.07) is 0. The summed E-state index contributed by atoms with van der Waals surface area (Å²) < 4.78 is 20.3. The van der Waals surface area contributed by atoms with Crippen molar-refractivity contribution >= 4 is 0 Å². The fourth-order valence-electron chi connectivity index (χ4n) is 11.2.